The number of aromatic nitrogens is 5. The molecule has 3 rings (SSSR count). The van der Waals surface area contributed by atoms with Crippen LogP contribution in [0, 0.1) is 0 Å². The molecule has 0 unspecified atom stereocenters. The van der Waals surface area contributed by atoms with E-state index in [4.69, 9.17) is 11.6 Å². The van der Waals surface area contributed by atoms with Crippen LogP contribution >= 0.6 is 23.4 Å². The van der Waals surface area contributed by atoms with E-state index in [-0.39, 0.29) is 0 Å². The van der Waals surface area contributed by atoms with Gasteiger partial charge in [0.2, 0.25) is 0 Å². The van der Waals surface area contributed by atoms with Gasteiger partial charge in [-0.05, 0) is 12.8 Å². The molecule has 2 aromatic heterocycles. The normalized spacial score (nSPS) is 15.4. The van der Waals surface area contributed by atoms with Gasteiger partial charge >= 0.3 is 0 Å². The van der Waals surface area contributed by atoms with Gasteiger partial charge in [-0.25, -0.2) is 4.98 Å². The molecule has 7 heteroatoms. The minimum atomic E-state index is 0.609. The summed E-state index contributed by atoms with van der Waals surface area (Å²) in [6, 6.07) is 0.609. The van der Waals surface area contributed by atoms with E-state index in [9.17, 15) is 0 Å². The highest BCUT2D eigenvalue weighted by Gasteiger charge is 2.26. The summed E-state index contributed by atoms with van der Waals surface area (Å²) in [5.74, 6) is 1.71. The molecule has 0 bridgehead atoms. The Hall–Kier alpha value is -1.01. The molecule has 0 saturated heterocycles. The number of imidazole rings is 1. The lowest BCUT2D eigenvalue weighted by molar-refractivity contribution is 0.662. The third-order valence-corrected chi connectivity index (χ3v) is 4.14. The molecule has 0 aliphatic heterocycles. The van der Waals surface area contributed by atoms with Crippen molar-refractivity contribution in [2.45, 2.75) is 29.8 Å². The summed E-state index contributed by atoms with van der Waals surface area (Å²) in [5, 5.41) is 9.72. The lowest BCUT2D eigenvalue weighted by Crippen LogP contribution is -1.98. The van der Waals surface area contributed by atoms with E-state index in [1.165, 1.54) is 12.8 Å². The average Bonchev–Trinajstić information content (AvgIpc) is 2.99. The van der Waals surface area contributed by atoms with E-state index in [0.29, 0.717) is 11.2 Å². The second kappa shape index (κ2) is 4.34. The quantitative estimate of drug-likeness (QED) is 0.799. The Kier molecular flexibility index (Phi) is 2.84. The van der Waals surface area contributed by atoms with Crippen LogP contribution in [0.2, 0.25) is 5.15 Å². The Labute approximate surface area is 108 Å². The zero-order chi connectivity index (χ0) is 11.8. The predicted molar refractivity (Wildman–Crippen MR) is 66.1 cm³/mol. The summed E-state index contributed by atoms with van der Waals surface area (Å²) >= 11 is 7.59. The lowest BCUT2D eigenvalue weighted by atomic mass is 10.7. The molecule has 0 aromatic carbocycles. The van der Waals surface area contributed by atoms with Crippen LogP contribution in [0.1, 0.15) is 24.7 Å². The van der Waals surface area contributed by atoms with Gasteiger partial charge in [-0.3, -0.25) is 0 Å². The van der Waals surface area contributed by atoms with E-state index in [2.05, 4.69) is 19.7 Å². The molecule has 1 aliphatic carbocycles. The molecule has 1 saturated carbocycles. The molecule has 5 nitrogen and oxygen atoms in total. The van der Waals surface area contributed by atoms with Crippen LogP contribution in [0.15, 0.2) is 17.7 Å². The molecule has 0 spiro atoms. The molecule has 2 heterocycles. The first-order valence-electron chi connectivity index (χ1n) is 5.44. The molecular formula is C10H12ClN5S. The summed E-state index contributed by atoms with van der Waals surface area (Å²) in [5.41, 5.74) is 0. The summed E-state index contributed by atoms with van der Waals surface area (Å²) < 4.78 is 4.03. The maximum atomic E-state index is 5.94. The molecule has 17 heavy (non-hydrogen) atoms. The van der Waals surface area contributed by atoms with E-state index in [1.54, 1.807) is 18.0 Å². The van der Waals surface area contributed by atoms with Crippen LogP contribution in [0.3, 0.4) is 0 Å². The molecule has 0 radical (unpaired) electrons. The minimum absolute atomic E-state index is 0.609. The van der Waals surface area contributed by atoms with Gasteiger partial charge in [-0.1, -0.05) is 23.4 Å². The van der Waals surface area contributed by atoms with Gasteiger partial charge in [0.15, 0.2) is 5.16 Å². The predicted octanol–water partition coefficient (Wildman–Crippen LogP) is 2.29. The monoisotopic (exact) mass is 269 g/mol. The first kappa shape index (κ1) is 11.1. The number of hydrogen-bond acceptors (Lipinski definition) is 4. The molecular weight excluding hydrogens is 258 g/mol. The Bertz CT molecular complexity index is 531. The zero-order valence-corrected chi connectivity index (χ0v) is 10.9. The molecule has 0 atom stereocenters. The highest BCUT2D eigenvalue weighted by atomic mass is 35.5. The van der Waals surface area contributed by atoms with E-state index in [1.807, 2.05) is 17.9 Å². The largest absolute Gasteiger partial charge is 0.322 e. The van der Waals surface area contributed by atoms with Crippen molar-refractivity contribution in [1.82, 2.24) is 24.3 Å². The van der Waals surface area contributed by atoms with Crippen molar-refractivity contribution >= 4 is 23.4 Å². The fourth-order valence-electron chi connectivity index (χ4n) is 1.63. The van der Waals surface area contributed by atoms with Crippen LogP contribution in [-0.2, 0) is 12.8 Å². The second-order valence-corrected chi connectivity index (χ2v) is 5.43. The summed E-state index contributed by atoms with van der Waals surface area (Å²) in [6.07, 6.45) is 5.95. The maximum Gasteiger partial charge on any atom is 0.191 e. The summed E-state index contributed by atoms with van der Waals surface area (Å²) in [6.45, 7) is 0. The van der Waals surface area contributed by atoms with Gasteiger partial charge in [-0.15, -0.1) is 10.2 Å². The fourth-order valence-corrected chi connectivity index (χ4v) is 2.75. The lowest BCUT2D eigenvalue weighted by Gasteiger charge is -2.04. The number of hydrogen-bond donors (Lipinski definition) is 0. The number of rotatable bonds is 4. The van der Waals surface area contributed by atoms with E-state index in [0.717, 1.165) is 16.7 Å². The molecule has 1 aliphatic rings. The van der Waals surface area contributed by atoms with Crippen molar-refractivity contribution in [3.63, 3.8) is 0 Å². The second-order valence-electron chi connectivity index (χ2n) is 4.10. The van der Waals surface area contributed by atoms with Gasteiger partial charge in [-0.2, -0.15) is 0 Å². The number of halogens is 1. The molecule has 90 valence electrons. The minimum Gasteiger partial charge on any atom is -0.322 e. The van der Waals surface area contributed by atoms with Gasteiger partial charge in [0.25, 0.3) is 0 Å². The summed E-state index contributed by atoms with van der Waals surface area (Å²) in [7, 11) is 1.91. The SMILES string of the molecule is Cn1c(Cl)cnc1CSc1nncn1C1CC1. The Morgan fingerprint density at radius 3 is 3.00 bits per heavy atom. The van der Waals surface area contributed by atoms with Crippen LogP contribution in [0.5, 0.6) is 0 Å². The summed E-state index contributed by atoms with van der Waals surface area (Å²) in [4.78, 5) is 4.26. The smallest absolute Gasteiger partial charge is 0.191 e. The standard InChI is InChI=1S/C10H12ClN5S/c1-15-8(11)4-12-9(15)5-17-10-14-13-6-16(10)7-2-3-7/h4,6-7H,2-3,5H2,1H3. The highest BCUT2D eigenvalue weighted by molar-refractivity contribution is 7.98. The third kappa shape index (κ3) is 2.19. The zero-order valence-electron chi connectivity index (χ0n) is 9.38. The maximum absolute atomic E-state index is 5.94. The topological polar surface area (TPSA) is 48.5 Å². The Morgan fingerprint density at radius 2 is 2.35 bits per heavy atom. The van der Waals surface area contributed by atoms with Crippen LogP contribution < -0.4 is 0 Å². The van der Waals surface area contributed by atoms with Gasteiger partial charge in [0.1, 0.15) is 17.3 Å². The van der Waals surface area contributed by atoms with Crippen molar-refractivity contribution in [3.8, 4) is 0 Å². The highest BCUT2D eigenvalue weighted by Crippen LogP contribution is 2.37. The van der Waals surface area contributed by atoms with Crippen molar-refractivity contribution in [2.24, 2.45) is 7.05 Å². The number of thioether (sulfide) groups is 1. The molecule has 0 amide bonds. The first-order valence-corrected chi connectivity index (χ1v) is 6.80. The van der Waals surface area contributed by atoms with E-state index >= 15 is 0 Å². The van der Waals surface area contributed by atoms with Gasteiger partial charge in [0, 0.05) is 13.1 Å². The van der Waals surface area contributed by atoms with Crippen molar-refractivity contribution in [2.75, 3.05) is 0 Å². The van der Waals surface area contributed by atoms with Gasteiger partial charge in [0.05, 0.1) is 11.9 Å². The molecule has 1 fully saturated rings. The van der Waals surface area contributed by atoms with Crippen molar-refractivity contribution in [3.05, 3.63) is 23.5 Å². The van der Waals surface area contributed by atoms with Crippen LogP contribution in [0.4, 0.5) is 0 Å². The third-order valence-electron chi connectivity index (χ3n) is 2.84. The van der Waals surface area contributed by atoms with Crippen LogP contribution in [-0.4, -0.2) is 24.3 Å². The number of nitrogens with zero attached hydrogens (tertiary/aromatic N) is 5. The fraction of sp³-hybridized carbons (Fsp3) is 0.500. The average molecular weight is 270 g/mol. The van der Waals surface area contributed by atoms with Crippen LogP contribution in [0.25, 0.3) is 0 Å². The van der Waals surface area contributed by atoms with Gasteiger partial charge < -0.3 is 9.13 Å². The van der Waals surface area contributed by atoms with Crippen molar-refractivity contribution in [1.29, 1.82) is 0 Å². The van der Waals surface area contributed by atoms with Crippen molar-refractivity contribution < 1.29 is 0 Å². The Balaban J connectivity index is 1.71. The molecule has 0 N–H and O–H groups in total. The Morgan fingerprint density at radius 1 is 1.53 bits per heavy atom. The molecule has 2 aromatic rings. The first-order chi connectivity index (χ1) is 8.25. The van der Waals surface area contributed by atoms with E-state index < -0.39 is 0 Å².